The van der Waals surface area contributed by atoms with Crippen LogP contribution in [-0.4, -0.2) is 32.3 Å². The van der Waals surface area contributed by atoms with Crippen molar-refractivity contribution >= 4 is 17.4 Å². The standard InChI is InChI=1S/C14H21N3O2/c1-15-14(18)17-13-6-4-12(5-7-13)16-11-3-2-9-19-10-8-11/h4-7,11,16H,2-3,8-10H2,1H3,(H2,15,17,18). The van der Waals surface area contributed by atoms with Gasteiger partial charge in [0.2, 0.25) is 0 Å². The average Bonchev–Trinajstić information content (AvgIpc) is 2.69. The van der Waals surface area contributed by atoms with Crippen LogP contribution in [0.25, 0.3) is 0 Å². The van der Waals surface area contributed by atoms with Gasteiger partial charge in [-0.25, -0.2) is 4.79 Å². The Morgan fingerprint density at radius 2 is 1.89 bits per heavy atom. The lowest BCUT2D eigenvalue weighted by Crippen LogP contribution is -2.24. The van der Waals surface area contributed by atoms with Gasteiger partial charge in [-0.3, -0.25) is 0 Å². The van der Waals surface area contributed by atoms with E-state index in [1.807, 2.05) is 24.3 Å². The summed E-state index contributed by atoms with van der Waals surface area (Å²) in [6.45, 7) is 1.70. The zero-order valence-corrected chi connectivity index (χ0v) is 11.2. The van der Waals surface area contributed by atoms with Gasteiger partial charge in [-0.2, -0.15) is 0 Å². The van der Waals surface area contributed by atoms with Crippen LogP contribution in [0.3, 0.4) is 0 Å². The number of hydrogen-bond acceptors (Lipinski definition) is 3. The van der Waals surface area contributed by atoms with Gasteiger partial charge in [0.25, 0.3) is 0 Å². The number of anilines is 2. The summed E-state index contributed by atoms with van der Waals surface area (Å²) in [5, 5.41) is 8.76. The first-order valence-corrected chi connectivity index (χ1v) is 6.71. The Morgan fingerprint density at radius 3 is 2.63 bits per heavy atom. The molecule has 1 aromatic carbocycles. The highest BCUT2D eigenvalue weighted by Gasteiger charge is 2.11. The molecule has 1 saturated heterocycles. The number of carbonyl (C=O) groups excluding carboxylic acids is 1. The van der Waals surface area contributed by atoms with Crippen molar-refractivity contribution in [1.29, 1.82) is 0 Å². The Morgan fingerprint density at radius 1 is 1.16 bits per heavy atom. The van der Waals surface area contributed by atoms with E-state index in [0.717, 1.165) is 43.9 Å². The van der Waals surface area contributed by atoms with E-state index in [2.05, 4.69) is 16.0 Å². The van der Waals surface area contributed by atoms with Gasteiger partial charge >= 0.3 is 6.03 Å². The van der Waals surface area contributed by atoms with Crippen LogP contribution in [0.2, 0.25) is 0 Å². The van der Waals surface area contributed by atoms with Gasteiger partial charge in [0.1, 0.15) is 0 Å². The van der Waals surface area contributed by atoms with Crippen LogP contribution in [0.4, 0.5) is 16.2 Å². The lowest BCUT2D eigenvalue weighted by Gasteiger charge is -2.17. The number of carbonyl (C=O) groups is 1. The van der Waals surface area contributed by atoms with Crippen molar-refractivity contribution in [2.45, 2.75) is 25.3 Å². The molecule has 5 heteroatoms. The molecular formula is C14H21N3O2. The third-order valence-corrected chi connectivity index (χ3v) is 3.19. The molecule has 0 bridgehead atoms. The minimum atomic E-state index is -0.207. The molecular weight excluding hydrogens is 242 g/mol. The molecule has 1 unspecified atom stereocenters. The lowest BCUT2D eigenvalue weighted by atomic mass is 10.1. The molecule has 1 atom stereocenters. The molecule has 0 saturated carbocycles. The van der Waals surface area contributed by atoms with Crippen molar-refractivity contribution in [1.82, 2.24) is 5.32 Å². The van der Waals surface area contributed by atoms with Gasteiger partial charge in [0, 0.05) is 37.7 Å². The Kier molecular flexibility index (Phi) is 5.03. The minimum absolute atomic E-state index is 0.207. The summed E-state index contributed by atoms with van der Waals surface area (Å²) in [5.41, 5.74) is 1.86. The lowest BCUT2D eigenvalue weighted by molar-refractivity contribution is 0.144. The highest BCUT2D eigenvalue weighted by atomic mass is 16.5. The maximum atomic E-state index is 11.2. The van der Waals surface area contributed by atoms with Gasteiger partial charge < -0.3 is 20.7 Å². The molecule has 1 fully saturated rings. The summed E-state index contributed by atoms with van der Waals surface area (Å²) < 4.78 is 5.44. The van der Waals surface area contributed by atoms with E-state index in [4.69, 9.17) is 4.74 Å². The van der Waals surface area contributed by atoms with Gasteiger partial charge in [-0.15, -0.1) is 0 Å². The van der Waals surface area contributed by atoms with E-state index in [1.54, 1.807) is 7.05 Å². The first-order chi connectivity index (χ1) is 9.28. The number of nitrogens with one attached hydrogen (secondary N) is 3. The number of urea groups is 1. The second-order valence-corrected chi connectivity index (χ2v) is 4.67. The van der Waals surface area contributed by atoms with Crippen molar-refractivity contribution in [3.8, 4) is 0 Å². The third-order valence-electron chi connectivity index (χ3n) is 3.19. The maximum Gasteiger partial charge on any atom is 0.318 e. The number of benzene rings is 1. The molecule has 5 nitrogen and oxygen atoms in total. The molecule has 0 aromatic heterocycles. The van der Waals surface area contributed by atoms with Gasteiger partial charge in [0.05, 0.1) is 0 Å². The molecule has 1 aromatic rings. The van der Waals surface area contributed by atoms with E-state index < -0.39 is 0 Å². The predicted octanol–water partition coefficient (Wildman–Crippen LogP) is 2.42. The zero-order valence-electron chi connectivity index (χ0n) is 11.2. The van der Waals surface area contributed by atoms with Crippen molar-refractivity contribution < 1.29 is 9.53 Å². The van der Waals surface area contributed by atoms with Crippen molar-refractivity contribution in [2.75, 3.05) is 30.9 Å². The number of hydrogen-bond donors (Lipinski definition) is 3. The summed E-state index contributed by atoms with van der Waals surface area (Å²) in [5.74, 6) is 0. The summed E-state index contributed by atoms with van der Waals surface area (Å²) in [6, 6.07) is 8.02. The molecule has 0 spiro atoms. The van der Waals surface area contributed by atoms with Crippen LogP contribution in [0.1, 0.15) is 19.3 Å². The largest absolute Gasteiger partial charge is 0.382 e. The monoisotopic (exact) mass is 263 g/mol. The van der Waals surface area contributed by atoms with Gasteiger partial charge in [-0.1, -0.05) is 0 Å². The predicted molar refractivity (Wildman–Crippen MR) is 76.6 cm³/mol. The van der Waals surface area contributed by atoms with E-state index in [-0.39, 0.29) is 6.03 Å². The van der Waals surface area contributed by atoms with Crippen LogP contribution in [0.15, 0.2) is 24.3 Å². The maximum absolute atomic E-state index is 11.2. The van der Waals surface area contributed by atoms with Gasteiger partial charge in [-0.05, 0) is 43.5 Å². The van der Waals surface area contributed by atoms with E-state index in [1.165, 1.54) is 0 Å². The Bertz CT molecular complexity index is 398. The highest BCUT2D eigenvalue weighted by Crippen LogP contribution is 2.18. The van der Waals surface area contributed by atoms with Crippen molar-refractivity contribution in [3.63, 3.8) is 0 Å². The topological polar surface area (TPSA) is 62.4 Å². The van der Waals surface area contributed by atoms with Crippen molar-refractivity contribution in [3.05, 3.63) is 24.3 Å². The van der Waals surface area contributed by atoms with E-state index in [9.17, 15) is 4.79 Å². The molecule has 1 aliphatic rings. The van der Waals surface area contributed by atoms with Crippen LogP contribution in [-0.2, 0) is 4.74 Å². The normalized spacial score (nSPS) is 19.3. The molecule has 19 heavy (non-hydrogen) atoms. The first kappa shape index (κ1) is 13.7. The number of rotatable bonds is 3. The van der Waals surface area contributed by atoms with E-state index >= 15 is 0 Å². The minimum Gasteiger partial charge on any atom is -0.382 e. The van der Waals surface area contributed by atoms with Crippen LogP contribution >= 0.6 is 0 Å². The molecule has 1 heterocycles. The van der Waals surface area contributed by atoms with Crippen LogP contribution < -0.4 is 16.0 Å². The zero-order chi connectivity index (χ0) is 13.5. The van der Waals surface area contributed by atoms with Crippen LogP contribution in [0.5, 0.6) is 0 Å². The first-order valence-electron chi connectivity index (χ1n) is 6.71. The summed E-state index contributed by atoms with van der Waals surface area (Å²) in [6.07, 6.45) is 3.28. The van der Waals surface area contributed by atoms with Gasteiger partial charge in [0.15, 0.2) is 0 Å². The molecule has 2 rings (SSSR count). The molecule has 0 radical (unpaired) electrons. The summed E-state index contributed by atoms with van der Waals surface area (Å²) >= 11 is 0. The van der Waals surface area contributed by atoms with Crippen molar-refractivity contribution in [2.24, 2.45) is 0 Å². The Hall–Kier alpha value is -1.75. The summed E-state index contributed by atoms with van der Waals surface area (Å²) in [4.78, 5) is 11.2. The molecule has 3 N–H and O–H groups in total. The molecule has 104 valence electrons. The van der Waals surface area contributed by atoms with Crippen LogP contribution in [0, 0.1) is 0 Å². The number of amides is 2. The molecule has 2 amide bonds. The Balaban J connectivity index is 1.88. The fourth-order valence-corrected chi connectivity index (χ4v) is 2.13. The second-order valence-electron chi connectivity index (χ2n) is 4.67. The third kappa shape index (κ3) is 4.44. The van der Waals surface area contributed by atoms with E-state index in [0.29, 0.717) is 6.04 Å². The fraction of sp³-hybridized carbons (Fsp3) is 0.500. The smallest absolute Gasteiger partial charge is 0.318 e. The molecule has 0 aliphatic carbocycles. The quantitative estimate of drug-likeness (QED) is 0.785. The number of ether oxygens (including phenoxy) is 1. The second kappa shape index (κ2) is 6.99. The molecule has 1 aliphatic heterocycles. The SMILES string of the molecule is CNC(=O)Nc1ccc(NC2CCCOCC2)cc1. The summed E-state index contributed by atoms with van der Waals surface area (Å²) in [7, 11) is 1.60. The average molecular weight is 263 g/mol. The Labute approximate surface area is 113 Å². The highest BCUT2D eigenvalue weighted by molar-refractivity contribution is 5.89. The fourth-order valence-electron chi connectivity index (χ4n) is 2.13.